The van der Waals surface area contributed by atoms with Crippen molar-refractivity contribution < 1.29 is 23.4 Å². The summed E-state index contributed by atoms with van der Waals surface area (Å²) in [5, 5.41) is 17.8. The van der Waals surface area contributed by atoms with Gasteiger partial charge in [0.1, 0.15) is 11.6 Å². The van der Waals surface area contributed by atoms with Gasteiger partial charge < -0.3 is 24.0 Å². The number of rotatable bonds is 10. The molecule has 1 saturated heterocycles. The second kappa shape index (κ2) is 13.7. The predicted octanol–water partition coefficient (Wildman–Crippen LogP) is 5.18. The van der Waals surface area contributed by atoms with Crippen molar-refractivity contribution in [1.82, 2.24) is 9.80 Å². The van der Waals surface area contributed by atoms with Crippen LogP contribution in [0.15, 0.2) is 18.2 Å². The van der Waals surface area contributed by atoms with Gasteiger partial charge in [0, 0.05) is 43.9 Å². The van der Waals surface area contributed by atoms with Crippen molar-refractivity contribution in [3.63, 3.8) is 0 Å². The number of piperazine rings is 1. The lowest BCUT2D eigenvalue weighted by molar-refractivity contribution is 0.0962. The molecule has 1 N–H and O–H groups in total. The molecule has 1 fully saturated rings. The molecule has 0 bridgehead atoms. The van der Waals surface area contributed by atoms with Gasteiger partial charge in [-0.3, -0.25) is 15.1 Å². The second-order valence-electron chi connectivity index (χ2n) is 11.3. The standard InChI is InChI=1S/C31H40FN5O4.BrH/c1-7-40-25-17-21-18-37(30(34)26(21)27(32)29(25)41-8-2)19-24(38)20-15-22(31(3,4)5)28(39-6)23(16-20)36-13-11-35(10-9-33)12-14-36;/h15-17,34H,7-8,10-14,18-19H2,1-6H3;1H. The van der Waals surface area contributed by atoms with Gasteiger partial charge >= 0.3 is 0 Å². The molecule has 0 amide bonds. The molecule has 0 saturated carbocycles. The molecule has 228 valence electrons. The largest absolute Gasteiger partial charge is 0.494 e. The Bertz CT molecular complexity index is 1360. The fraction of sp³-hybridized carbons (Fsp3) is 0.516. The molecule has 0 unspecified atom stereocenters. The SMILES string of the molecule is Br.CCOc1cc2c(c(F)c1OCC)C(=N)N(CC(=O)c1cc(N3CCN(CC#N)CC3)c(OC)c(C(C)(C)C)c1)C2. The summed E-state index contributed by atoms with van der Waals surface area (Å²) in [7, 11) is 1.64. The first-order valence-corrected chi connectivity index (χ1v) is 14.1. The van der Waals surface area contributed by atoms with Gasteiger partial charge in [-0.1, -0.05) is 20.8 Å². The number of Topliss-reactive ketones (excluding diaryl/α,β-unsaturated/α-hetero) is 1. The van der Waals surface area contributed by atoms with E-state index in [1.165, 1.54) is 0 Å². The number of anilines is 1. The van der Waals surface area contributed by atoms with E-state index in [2.05, 4.69) is 36.6 Å². The predicted molar refractivity (Wildman–Crippen MR) is 167 cm³/mol. The molecular weight excluding hydrogens is 605 g/mol. The van der Waals surface area contributed by atoms with Crippen molar-refractivity contribution in [2.45, 2.75) is 46.6 Å². The van der Waals surface area contributed by atoms with Gasteiger partial charge in [0.05, 0.1) is 50.7 Å². The summed E-state index contributed by atoms with van der Waals surface area (Å²) < 4.78 is 32.6. The highest BCUT2D eigenvalue weighted by molar-refractivity contribution is 8.93. The third-order valence-electron chi connectivity index (χ3n) is 7.52. The lowest BCUT2D eigenvalue weighted by Crippen LogP contribution is -2.46. The van der Waals surface area contributed by atoms with Gasteiger partial charge in [-0.05, 0) is 43.0 Å². The molecule has 4 rings (SSSR count). The highest BCUT2D eigenvalue weighted by atomic mass is 79.9. The lowest BCUT2D eigenvalue weighted by atomic mass is 9.84. The third-order valence-corrected chi connectivity index (χ3v) is 7.52. The van der Waals surface area contributed by atoms with Crippen LogP contribution in [-0.2, 0) is 12.0 Å². The van der Waals surface area contributed by atoms with Crippen LogP contribution >= 0.6 is 17.0 Å². The molecular formula is C31H41BrFN5O4. The Morgan fingerprint density at radius 1 is 1.07 bits per heavy atom. The Kier molecular flexibility index (Phi) is 10.8. The van der Waals surface area contributed by atoms with Crippen LogP contribution in [-0.4, -0.2) is 81.0 Å². The number of ketones is 1. The maximum absolute atomic E-state index is 15.5. The molecule has 2 aliphatic rings. The number of nitrogens with zero attached hydrogens (tertiary/aromatic N) is 4. The number of methoxy groups -OCH3 is 1. The van der Waals surface area contributed by atoms with Crippen molar-refractivity contribution in [3.8, 4) is 23.3 Å². The van der Waals surface area contributed by atoms with Crippen LogP contribution in [0.25, 0.3) is 0 Å². The Morgan fingerprint density at radius 3 is 2.31 bits per heavy atom. The number of hydrogen-bond donors (Lipinski definition) is 1. The van der Waals surface area contributed by atoms with E-state index in [1.54, 1.807) is 25.0 Å². The van der Waals surface area contributed by atoms with E-state index in [1.807, 2.05) is 19.1 Å². The Labute approximate surface area is 258 Å². The Hall–Kier alpha value is -3.36. The van der Waals surface area contributed by atoms with E-state index in [-0.39, 0.29) is 65.0 Å². The first-order valence-electron chi connectivity index (χ1n) is 14.1. The molecule has 0 atom stereocenters. The molecule has 2 aromatic rings. The maximum Gasteiger partial charge on any atom is 0.197 e. The number of carbonyl (C=O) groups is 1. The van der Waals surface area contributed by atoms with Crippen LogP contribution in [0.3, 0.4) is 0 Å². The highest BCUT2D eigenvalue weighted by Gasteiger charge is 2.34. The Balaban J connectivity index is 0.00000484. The van der Waals surface area contributed by atoms with Crippen LogP contribution in [0, 0.1) is 22.6 Å². The molecule has 2 aliphatic heterocycles. The molecule has 42 heavy (non-hydrogen) atoms. The third kappa shape index (κ3) is 6.65. The normalized spacial score (nSPS) is 15.1. The zero-order chi connectivity index (χ0) is 29.9. The van der Waals surface area contributed by atoms with Gasteiger partial charge in [-0.2, -0.15) is 5.26 Å². The molecule has 0 radical (unpaired) electrons. The molecule has 0 aliphatic carbocycles. The van der Waals surface area contributed by atoms with Gasteiger partial charge in [0.2, 0.25) is 0 Å². The van der Waals surface area contributed by atoms with Gasteiger partial charge in [-0.25, -0.2) is 4.39 Å². The smallest absolute Gasteiger partial charge is 0.197 e. The van der Waals surface area contributed by atoms with Crippen LogP contribution in [0.5, 0.6) is 17.2 Å². The summed E-state index contributed by atoms with van der Waals surface area (Å²) in [6.45, 7) is 13.8. The summed E-state index contributed by atoms with van der Waals surface area (Å²) in [4.78, 5) is 19.7. The van der Waals surface area contributed by atoms with Crippen LogP contribution in [0.4, 0.5) is 10.1 Å². The Morgan fingerprint density at radius 2 is 1.74 bits per heavy atom. The number of benzene rings is 2. The van der Waals surface area contributed by atoms with Gasteiger partial charge in [-0.15, -0.1) is 17.0 Å². The lowest BCUT2D eigenvalue weighted by Gasteiger charge is -2.37. The summed E-state index contributed by atoms with van der Waals surface area (Å²) in [5.74, 6) is 0.179. The number of fused-ring (bicyclic) bond motifs is 1. The zero-order valence-electron chi connectivity index (χ0n) is 25.3. The van der Waals surface area contributed by atoms with Crippen molar-refractivity contribution in [2.24, 2.45) is 0 Å². The number of nitrogens with one attached hydrogen (secondary N) is 1. The van der Waals surface area contributed by atoms with Crippen molar-refractivity contribution in [1.29, 1.82) is 10.7 Å². The number of halogens is 2. The van der Waals surface area contributed by atoms with Crippen LogP contribution < -0.4 is 19.1 Å². The van der Waals surface area contributed by atoms with E-state index in [0.717, 1.165) is 30.1 Å². The maximum atomic E-state index is 15.5. The van der Waals surface area contributed by atoms with Crippen molar-refractivity contribution in [3.05, 3.63) is 46.3 Å². The van der Waals surface area contributed by atoms with Crippen LogP contribution in [0.1, 0.15) is 61.7 Å². The zero-order valence-corrected chi connectivity index (χ0v) is 27.0. The van der Waals surface area contributed by atoms with Gasteiger partial charge in [0.15, 0.2) is 23.1 Å². The minimum absolute atomic E-state index is 0. The summed E-state index contributed by atoms with van der Waals surface area (Å²) in [6.07, 6.45) is 0. The molecule has 0 spiro atoms. The first kappa shape index (κ1) is 33.1. The fourth-order valence-electron chi connectivity index (χ4n) is 5.45. The number of nitriles is 1. The van der Waals surface area contributed by atoms with E-state index in [9.17, 15) is 4.79 Å². The highest BCUT2D eigenvalue weighted by Crippen LogP contribution is 2.42. The van der Waals surface area contributed by atoms with E-state index < -0.39 is 5.82 Å². The second-order valence-corrected chi connectivity index (χ2v) is 11.3. The molecule has 0 aromatic heterocycles. The van der Waals surface area contributed by atoms with Crippen molar-refractivity contribution >= 4 is 34.3 Å². The van der Waals surface area contributed by atoms with Gasteiger partial charge in [0.25, 0.3) is 0 Å². The number of ether oxygens (including phenoxy) is 3. The quantitative estimate of drug-likeness (QED) is 0.279. The van der Waals surface area contributed by atoms with Crippen LogP contribution in [0.2, 0.25) is 0 Å². The van der Waals surface area contributed by atoms with Crippen molar-refractivity contribution in [2.75, 3.05) is 64.5 Å². The molecule has 9 nitrogen and oxygen atoms in total. The topological polar surface area (TPSA) is 102 Å². The minimum atomic E-state index is -0.634. The number of amidine groups is 1. The number of hydrogen-bond acceptors (Lipinski definition) is 8. The number of carbonyl (C=O) groups excluding carboxylic acids is 1. The molecule has 2 heterocycles. The summed E-state index contributed by atoms with van der Waals surface area (Å²) in [5.41, 5.74) is 2.70. The van der Waals surface area contributed by atoms with E-state index in [0.29, 0.717) is 43.1 Å². The first-order chi connectivity index (χ1) is 19.5. The fourth-order valence-corrected chi connectivity index (χ4v) is 5.45. The summed E-state index contributed by atoms with van der Waals surface area (Å²) in [6, 6.07) is 7.67. The summed E-state index contributed by atoms with van der Waals surface area (Å²) >= 11 is 0. The van der Waals surface area contributed by atoms with E-state index in [4.69, 9.17) is 24.9 Å². The average Bonchev–Trinajstić information content (AvgIpc) is 3.24. The molecule has 2 aromatic carbocycles. The molecule has 11 heteroatoms. The van der Waals surface area contributed by atoms with E-state index >= 15 is 4.39 Å². The average molecular weight is 647 g/mol. The minimum Gasteiger partial charge on any atom is -0.494 e. The monoisotopic (exact) mass is 645 g/mol.